The fraction of sp³-hybridized carbons (Fsp3) is 0.615. The fourth-order valence-electron chi connectivity index (χ4n) is 3.16. The van der Waals surface area contributed by atoms with Gasteiger partial charge in [-0.25, -0.2) is 4.98 Å². The Kier molecular flexibility index (Phi) is 2.66. The highest BCUT2D eigenvalue weighted by atomic mass is 79.9. The van der Waals surface area contributed by atoms with Crippen LogP contribution in [0.5, 0.6) is 0 Å². The van der Waals surface area contributed by atoms with Gasteiger partial charge >= 0.3 is 0 Å². The Bertz CT molecular complexity index is 379. The molecule has 2 bridgehead atoms. The second-order valence-corrected chi connectivity index (χ2v) is 6.29. The molecule has 3 heteroatoms. The van der Waals surface area contributed by atoms with E-state index in [2.05, 4.69) is 50.9 Å². The molecule has 2 nitrogen and oxygen atoms in total. The lowest BCUT2D eigenvalue weighted by molar-refractivity contribution is 0.479. The number of piperidine rings is 1. The van der Waals surface area contributed by atoms with E-state index in [1.807, 2.05) is 0 Å². The number of hydrogen-bond acceptors (Lipinski definition) is 2. The standard InChI is InChI=1S/C13H17BrN2/c1-9-3-2-4-13(15-9)16-11-5-6-12(16)8-10(14)7-11/h2-4,10-12H,5-8H2,1H3. The van der Waals surface area contributed by atoms with Crippen LogP contribution in [0.1, 0.15) is 31.4 Å². The highest BCUT2D eigenvalue weighted by Gasteiger charge is 2.40. The lowest BCUT2D eigenvalue weighted by atomic mass is 10.0. The maximum Gasteiger partial charge on any atom is 0.129 e. The van der Waals surface area contributed by atoms with Gasteiger partial charge in [0.15, 0.2) is 0 Å². The highest BCUT2D eigenvalue weighted by Crippen LogP contribution is 2.40. The first-order chi connectivity index (χ1) is 7.74. The van der Waals surface area contributed by atoms with Crippen LogP contribution in [0, 0.1) is 6.92 Å². The molecule has 0 N–H and O–H groups in total. The first-order valence-corrected chi connectivity index (χ1v) is 7.01. The summed E-state index contributed by atoms with van der Waals surface area (Å²) in [6.07, 6.45) is 5.21. The second-order valence-electron chi connectivity index (χ2n) is 5.00. The molecule has 3 rings (SSSR count). The molecule has 2 fully saturated rings. The maximum absolute atomic E-state index is 4.67. The second kappa shape index (κ2) is 4.02. The molecule has 2 saturated heterocycles. The monoisotopic (exact) mass is 280 g/mol. The molecule has 0 saturated carbocycles. The molecule has 1 aromatic rings. The quantitative estimate of drug-likeness (QED) is 0.734. The van der Waals surface area contributed by atoms with Crippen LogP contribution in [0.4, 0.5) is 5.82 Å². The summed E-state index contributed by atoms with van der Waals surface area (Å²) >= 11 is 3.78. The van der Waals surface area contributed by atoms with Gasteiger partial charge in [0.2, 0.25) is 0 Å². The minimum Gasteiger partial charge on any atom is -0.351 e. The van der Waals surface area contributed by atoms with Crippen LogP contribution >= 0.6 is 15.9 Å². The predicted octanol–water partition coefficient (Wildman–Crippen LogP) is 3.28. The zero-order valence-corrected chi connectivity index (χ0v) is 11.2. The van der Waals surface area contributed by atoms with Crippen molar-refractivity contribution in [1.82, 2.24) is 4.98 Å². The number of pyridine rings is 1. The van der Waals surface area contributed by atoms with Gasteiger partial charge in [0.05, 0.1) is 0 Å². The number of hydrogen-bond donors (Lipinski definition) is 0. The van der Waals surface area contributed by atoms with E-state index in [1.54, 1.807) is 0 Å². The Hall–Kier alpha value is -0.570. The number of halogens is 1. The number of nitrogens with zero attached hydrogens (tertiary/aromatic N) is 2. The van der Waals surface area contributed by atoms with Crippen LogP contribution in [0.15, 0.2) is 18.2 Å². The van der Waals surface area contributed by atoms with E-state index in [0.717, 1.165) is 5.69 Å². The lowest BCUT2D eigenvalue weighted by Crippen LogP contribution is -2.43. The summed E-state index contributed by atoms with van der Waals surface area (Å²) < 4.78 is 0. The Morgan fingerprint density at radius 2 is 1.94 bits per heavy atom. The van der Waals surface area contributed by atoms with Gasteiger partial charge in [-0.3, -0.25) is 0 Å². The molecule has 0 amide bonds. The summed E-state index contributed by atoms with van der Waals surface area (Å²) in [5.74, 6) is 1.19. The van der Waals surface area contributed by atoms with Crippen LogP contribution in [-0.2, 0) is 0 Å². The van der Waals surface area contributed by atoms with Gasteiger partial charge in [0, 0.05) is 22.6 Å². The van der Waals surface area contributed by atoms with Crippen LogP contribution in [0.3, 0.4) is 0 Å². The van der Waals surface area contributed by atoms with E-state index in [1.165, 1.54) is 31.5 Å². The van der Waals surface area contributed by atoms with Crippen molar-refractivity contribution >= 4 is 21.7 Å². The molecular weight excluding hydrogens is 264 g/mol. The van der Waals surface area contributed by atoms with Crippen molar-refractivity contribution in [3.8, 4) is 0 Å². The molecule has 0 aromatic carbocycles. The van der Waals surface area contributed by atoms with E-state index in [9.17, 15) is 0 Å². The zero-order chi connectivity index (χ0) is 11.1. The van der Waals surface area contributed by atoms with Gasteiger partial charge in [0.1, 0.15) is 5.82 Å². The summed E-state index contributed by atoms with van der Waals surface area (Å²) in [4.78, 5) is 7.95. The van der Waals surface area contributed by atoms with Gasteiger partial charge in [-0.15, -0.1) is 0 Å². The molecule has 0 spiro atoms. The molecule has 2 atom stereocenters. The van der Waals surface area contributed by atoms with E-state index < -0.39 is 0 Å². The third kappa shape index (κ3) is 1.75. The van der Waals surface area contributed by atoms with E-state index in [-0.39, 0.29) is 0 Å². The Labute approximate surface area is 105 Å². The average molecular weight is 281 g/mol. The molecule has 2 unspecified atom stereocenters. The Morgan fingerprint density at radius 3 is 2.56 bits per heavy atom. The van der Waals surface area contributed by atoms with Crippen molar-refractivity contribution in [2.75, 3.05) is 4.90 Å². The highest BCUT2D eigenvalue weighted by molar-refractivity contribution is 9.09. The summed E-state index contributed by atoms with van der Waals surface area (Å²) in [5, 5.41) is 0. The third-order valence-electron chi connectivity index (χ3n) is 3.81. The molecule has 2 aliphatic heterocycles. The number of fused-ring (bicyclic) bond motifs is 2. The molecular formula is C13H17BrN2. The van der Waals surface area contributed by atoms with E-state index >= 15 is 0 Å². The smallest absolute Gasteiger partial charge is 0.129 e. The number of alkyl halides is 1. The first kappa shape index (κ1) is 10.6. The van der Waals surface area contributed by atoms with E-state index in [4.69, 9.17) is 0 Å². The summed E-state index contributed by atoms with van der Waals surface area (Å²) in [5.41, 5.74) is 1.12. The Morgan fingerprint density at radius 1 is 1.25 bits per heavy atom. The summed E-state index contributed by atoms with van der Waals surface area (Å²) in [6.45, 7) is 2.07. The topological polar surface area (TPSA) is 16.1 Å². The predicted molar refractivity (Wildman–Crippen MR) is 70.2 cm³/mol. The van der Waals surface area contributed by atoms with Gasteiger partial charge in [-0.05, 0) is 44.7 Å². The minimum atomic E-state index is 0.706. The van der Waals surface area contributed by atoms with Gasteiger partial charge in [0.25, 0.3) is 0 Å². The van der Waals surface area contributed by atoms with E-state index in [0.29, 0.717) is 16.9 Å². The van der Waals surface area contributed by atoms with Gasteiger partial charge in [-0.1, -0.05) is 22.0 Å². The van der Waals surface area contributed by atoms with Gasteiger partial charge in [-0.2, -0.15) is 0 Å². The molecule has 0 aliphatic carbocycles. The lowest BCUT2D eigenvalue weighted by Gasteiger charge is -2.38. The van der Waals surface area contributed by atoms with Gasteiger partial charge < -0.3 is 4.90 Å². The van der Waals surface area contributed by atoms with Crippen molar-refractivity contribution in [2.45, 2.75) is 49.5 Å². The number of aromatic nitrogens is 1. The first-order valence-electron chi connectivity index (χ1n) is 6.10. The average Bonchev–Trinajstić information content (AvgIpc) is 2.51. The fourth-order valence-corrected chi connectivity index (χ4v) is 4.02. The summed E-state index contributed by atoms with van der Waals surface area (Å²) in [6, 6.07) is 7.77. The number of rotatable bonds is 1. The normalized spacial score (nSPS) is 33.1. The van der Waals surface area contributed by atoms with Crippen molar-refractivity contribution in [3.05, 3.63) is 23.9 Å². The van der Waals surface area contributed by atoms with Crippen molar-refractivity contribution in [1.29, 1.82) is 0 Å². The molecule has 1 aromatic heterocycles. The third-order valence-corrected chi connectivity index (χ3v) is 4.56. The molecule has 16 heavy (non-hydrogen) atoms. The van der Waals surface area contributed by atoms with Crippen LogP contribution in [-0.4, -0.2) is 21.9 Å². The van der Waals surface area contributed by atoms with Crippen molar-refractivity contribution in [3.63, 3.8) is 0 Å². The maximum atomic E-state index is 4.67. The number of aryl methyl sites for hydroxylation is 1. The molecule has 86 valence electrons. The van der Waals surface area contributed by atoms with Crippen LogP contribution < -0.4 is 4.90 Å². The number of anilines is 1. The minimum absolute atomic E-state index is 0.706. The largest absolute Gasteiger partial charge is 0.351 e. The van der Waals surface area contributed by atoms with Crippen molar-refractivity contribution < 1.29 is 0 Å². The Balaban J connectivity index is 1.91. The molecule has 2 aliphatic rings. The van der Waals surface area contributed by atoms with Crippen LogP contribution in [0.25, 0.3) is 0 Å². The zero-order valence-electron chi connectivity index (χ0n) is 9.56. The summed E-state index contributed by atoms with van der Waals surface area (Å²) in [7, 11) is 0. The SMILES string of the molecule is Cc1cccc(N2C3CCC2CC(Br)C3)n1. The molecule has 3 heterocycles. The van der Waals surface area contributed by atoms with Crippen molar-refractivity contribution in [2.24, 2.45) is 0 Å². The molecule has 0 radical (unpaired) electrons. The van der Waals surface area contributed by atoms with Crippen LogP contribution in [0.2, 0.25) is 0 Å².